The molecule has 0 aliphatic heterocycles. The van der Waals surface area contributed by atoms with Crippen molar-refractivity contribution in [2.24, 2.45) is 0 Å². The summed E-state index contributed by atoms with van der Waals surface area (Å²) >= 11 is 0. The van der Waals surface area contributed by atoms with Crippen molar-refractivity contribution in [2.45, 2.75) is 19.5 Å². The number of phenolic OH excluding ortho intramolecular Hbond substituents is 1. The molecule has 4 N–H and O–H groups in total. The van der Waals surface area contributed by atoms with Crippen molar-refractivity contribution in [1.29, 1.82) is 0 Å². The lowest BCUT2D eigenvalue weighted by Gasteiger charge is -2.14. The maximum absolute atomic E-state index is 12.0. The number of carbonyl (C=O) groups excluding carboxylic acids is 1. The van der Waals surface area contributed by atoms with Crippen LogP contribution in [-0.4, -0.2) is 26.6 Å². The Kier molecular flexibility index (Phi) is 3.70. The van der Waals surface area contributed by atoms with Gasteiger partial charge >= 0.3 is 0 Å². The molecule has 6 heteroatoms. The van der Waals surface area contributed by atoms with E-state index < -0.39 is 0 Å². The monoisotopic (exact) mass is 260 g/mol. The molecule has 19 heavy (non-hydrogen) atoms. The largest absolute Gasteiger partial charge is 0.506 e. The van der Waals surface area contributed by atoms with E-state index in [1.165, 1.54) is 12.1 Å². The minimum absolute atomic E-state index is 0.0543. The van der Waals surface area contributed by atoms with Crippen LogP contribution >= 0.6 is 0 Å². The summed E-state index contributed by atoms with van der Waals surface area (Å²) in [6.07, 6.45) is 5.21. The molecule has 1 heterocycles. The average molecular weight is 260 g/mol. The Hall–Kier alpha value is -2.50. The third kappa shape index (κ3) is 3.25. The number of imidazole rings is 1. The Balaban J connectivity index is 1.98. The van der Waals surface area contributed by atoms with Crippen LogP contribution in [0.2, 0.25) is 0 Å². The van der Waals surface area contributed by atoms with E-state index >= 15 is 0 Å². The number of nitrogen functional groups attached to an aromatic ring is 1. The van der Waals surface area contributed by atoms with Gasteiger partial charge in [0.05, 0.1) is 12.0 Å². The number of carbonyl (C=O) groups is 1. The Labute approximate surface area is 110 Å². The van der Waals surface area contributed by atoms with Crippen LogP contribution in [0.3, 0.4) is 0 Å². The first-order valence-corrected chi connectivity index (χ1v) is 5.91. The standard InChI is InChI=1S/C13H16N4O2/c1-9(7-17-5-4-15-8-17)16-13(19)10-2-3-11(14)12(18)6-10/h2-6,8-9,18H,7,14H2,1H3,(H,16,19). The summed E-state index contributed by atoms with van der Waals surface area (Å²) in [6.45, 7) is 2.53. The Bertz CT molecular complexity index is 566. The molecule has 100 valence electrons. The second-order valence-corrected chi connectivity index (χ2v) is 4.41. The van der Waals surface area contributed by atoms with E-state index in [2.05, 4.69) is 10.3 Å². The first-order valence-electron chi connectivity index (χ1n) is 5.91. The number of anilines is 1. The summed E-state index contributed by atoms with van der Waals surface area (Å²) < 4.78 is 1.88. The second-order valence-electron chi connectivity index (χ2n) is 4.41. The number of hydrogen-bond donors (Lipinski definition) is 3. The van der Waals surface area contributed by atoms with Crippen LogP contribution in [0.4, 0.5) is 5.69 Å². The Morgan fingerprint density at radius 3 is 3.00 bits per heavy atom. The highest BCUT2D eigenvalue weighted by atomic mass is 16.3. The molecule has 2 rings (SSSR count). The van der Waals surface area contributed by atoms with Crippen molar-refractivity contribution in [1.82, 2.24) is 14.9 Å². The molecule has 0 spiro atoms. The van der Waals surface area contributed by atoms with Gasteiger partial charge in [-0.15, -0.1) is 0 Å². The summed E-state index contributed by atoms with van der Waals surface area (Å²) in [7, 11) is 0. The summed E-state index contributed by atoms with van der Waals surface area (Å²) in [6, 6.07) is 4.38. The minimum Gasteiger partial charge on any atom is -0.506 e. The zero-order valence-electron chi connectivity index (χ0n) is 10.6. The van der Waals surface area contributed by atoms with Crippen LogP contribution in [0, 0.1) is 0 Å². The number of nitrogens with zero attached hydrogens (tertiary/aromatic N) is 2. The van der Waals surface area contributed by atoms with Gasteiger partial charge in [-0.1, -0.05) is 0 Å². The van der Waals surface area contributed by atoms with Crippen molar-refractivity contribution in [2.75, 3.05) is 5.73 Å². The number of hydrogen-bond acceptors (Lipinski definition) is 4. The van der Waals surface area contributed by atoms with Gasteiger partial charge in [-0.05, 0) is 25.1 Å². The predicted octanol–water partition coefficient (Wildman–Crippen LogP) is 0.989. The van der Waals surface area contributed by atoms with Crippen LogP contribution < -0.4 is 11.1 Å². The molecule has 2 aromatic rings. The Morgan fingerprint density at radius 2 is 2.37 bits per heavy atom. The van der Waals surface area contributed by atoms with Gasteiger partial charge in [0.2, 0.25) is 0 Å². The molecule has 0 radical (unpaired) electrons. The molecular weight excluding hydrogens is 244 g/mol. The first kappa shape index (κ1) is 12.9. The van der Waals surface area contributed by atoms with E-state index in [1.807, 2.05) is 17.7 Å². The predicted molar refractivity (Wildman–Crippen MR) is 71.7 cm³/mol. The molecule has 1 unspecified atom stereocenters. The minimum atomic E-state index is -0.247. The Morgan fingerprint density at radius 1 is 1.58 bits per heavy atom. The summed E-state index contributed by atoms with van der Waals surface area (Å²) in [5, 5.41) is 12.3. The summed E-state index contributed by atoms with van der Waals surface area (Å²) in [5.41, 5.74) is 6.12. The van der Waals surface area contributed by atoms with Crippen molar-refractivity contribution in [3.05, 3.63) is 42.5 Å². The smallest absolute Gasteiger partial charge is 0.251 e. The van der Waals surface area contributed by atoms with E-state index in [9.17, 15) is 9.90 Å². The number of rotatable bonds is 4. The average Bonchev–Trinajstić information content (AvgIpc) is 2.85. The maximum atomic E-state index is 12.0. The number of phenols is 1. The fourth-order valence-corrected chi connectivity index (χ4v) is 1.75. The molecule has 0 saturated carbocycles. The molecule has 0 saturated heterocycles. The van der Waals surface area contributed by atoms with E-state index in [4.69, 9.17) is 5.73 Å². The van der Waals surface area contributed by atoms with E-state index in [1.54, 1.807) is 18.6 Å². The molecule has 0 fully saturated rings. The van der Waals surface area contributed by atoms with Crippen LogP contribution in [0.5, 0.6) is 5.75 Å². The quantitative estimate of drug-likeness (QED) is 0.564. The second kappa shape index (κ2) is 5.43. The molecule has 1 aromatic carbocycles. The zero-order valence-corrected chi connectivity index (χ0v) is 10.6. The zero-order chi connectivity index (χ0) is 13.8. The third-order valence-electron chi connectivity index (χ3n) is 2.71. The topological polar surface area (TPSA) is 93.2 Å². The van der Waals surface area contributed by atoms with Crippen molar-refractivity contribution in [3.8, 4) is 5.75 Å². The lowest BCUT2D eigenvalue weighted by molar-refractivity contribution is 0.0936. The maximum Gasteiger partial charge on any atom is 0.251 e. The van der Waals surface area contributed by atoms with Crippen LogP contribution in [0.15, 0.2) is 36.9 Å². The van der Waals surface area contributed by atoms with Crippen molar-refractivity contribution >= 4 is 11.6 Å². The lowest BCUT2D eigenvalue weighted by atomic mass is 10.1. The summed E-state index contributed by atoms with van der Waals surface area (Å²) in [4.78, 5) is 15.9. The highest BCUT2D eigenvalue weighted by Crippen LogP contribution is 2.20. The number of benzene rings is 1. The number of aromatic hydroxyl groups is 1. The van der Waals surface area contributed by atoms with Gasteiger partial charge in [-0.3, -0.25) is 4.79 Å². The van der Waals surface area contributed by atoms with Crippen molar-refractivity contribution in [3.63, 3.8) is 0 Å². The normalized spacial score (nSPS) is 12.1. The van der Waals surface area contributed by atoms with E-state index in [0.717, 1.165) is 0 Å². The lowest BCUT2D eigenvalue weighted by Crippen LogP contribution is -2.35. The first-order chi connectivity index (χ1) is 9.06. The SMILES string of the molecule is CC(Cn1ccnc1)NC(=O)c1ccc(N)c(O)c1. The van der Waals surface area contributed by atoms with Crippen LogP contribution in [0.25, 0.3) is 0 Å². The van der Waals surface area contributed by atoms with Gasteiger partial charge in [0.25, 0.3) is 5.91 Å². The van der Waals surface area contributed by atoms with Crippen molar-refractivity contribution < 1.29 is 9.90 Å². The molecule has 0 aliphatic carbocycles. The number of amides is 1. The molecular formula is C13H16N4O2. The highest BCUT2D eigenvalue weighted by molar-refractivity contribution is 5.95. The van der Waals surface area contributed by atoms with E-state index in [-0.39, 0.29) is 23.4 Å². The van der Waals surface area contributed by atoms with E-state index in [0.29, 0.717) is 12.1 Å². The van der Waals surface area contributed by atoms with Gasteiger partial charge < -0.3 is 20.7 Å². The van der Waals surface area contributed by atoms with Crippen LogP contribution in [-0.2, 0) is 6.54 Å². The number of nitrogens with two attached hydrogens (primary N) is 1. The molecule has 1 amide bonds. The van der Waals surface area contributed by atoms with Crippen LogP contribution in [0.1, 0.15) is 17.3 Å². The van der Waals surface area contributed by atoms with Gasteiger partial charge in [0.1, 0.15) is 5.75 Å². The number of aromatic nitrogens is 2. The fourth-order valence-electron chi connectivity index (χ4n) is 1.75. The molecule has 1 atom stereocenters. The molecule has 1 aromatic heterocycles. The molecule has 0 bridgehead atoms. The third-order valence-corrected chi connectivity index (χ3v) is 2.71. The highest BCUT2D eigenvalue weighted by Gasteiger charge is 2.11. The number of nitrogens with one attached hydrogen (secondary N) is 1. The van der Waals surface area contributed by atoms with Gasteiger partial charge in [-0.2, -0.15) is 0 Å². The van der Waals surface area contributed by atoms with Gasteiger partial charge in [-0.25, -0.2) is 4.98 Å². The van der Waals surface area contributed by atoms with Gasteiger partial charge in [0, 0.05) is 30.5 Å². The fraction of sp³-hybridized carbons (Fsp3) is 0.231. The summed E-state index contributed by atoms with van der Waals surface area (Å²) in [5.74, 6) is -0.335. The van der Waals surface area contributed by atoms with Gasteiger partial charge in [0.15, 0.2) is 0 Å². The molecule has 0 aliphatic rings. The molecule has 6 nitrogen and oxygen atoms in total.